The van der Waals surface area contributed by atoms with E-state index in [-0.39, 0.29) is 10.8 Å². The Hall–Kier alpha value is -1.51. The van der Waals surface area contributed by atoms with Crippen LogP contribution < -0.4 is 10.5 Å². The van der Waals surface area contributed by atoms with Crippen molar-refractivity contribution in [2.75, 3.05) is 5.32 Å². The molecule has 24 heavy (non-hydrogen) atoms. The Bertz CT molecular complexity index is 906. The van der Waals surface area contributed by atoms with Crippen molar-refractivity contribution in [2.24, 2.45) is 22.9 Å². The fourth-order valence-corrected chi connectivity index (χ4v) is 5.71. The second-order valence-electron chi connectivity index (χ2n) is 6.88. The average Bonchev–Trinajstić information content (AvgIpc) is 3.18. The summed E-state index contributed by atoms with van der Waals surface area (Å²) < 4.78 is 23.5. The lowest BCUT2D eigenvalue weighted by atomic mass is 9.86. The molecule has 2 aliphatic rings. The van der Waals surface area contributed by atoms with E-state index in [0.717, 1.165) is 5.92 Å². The minimum atomic E-state index is -3.74. The van der Waals surface area contributed by atoms with Gasteiger partial charge in [0, 0.05) is 6.42 Å². The lowest BCUT2D eigenvalue weighted by Gasteiger charge is -2.20. The Balaban J connectivity index is 1.47. The largest absolute Gasteiger partial charge is 0.302 e. The summed E-state index contributed by atoms with van der Waals surface area (Å²) >= 11 is 1.27. The normalized spacial score (nSPS) is 26.1. The number of carbonyl (C=O) groups is 1. The van der Waals surface area contributed by atoms with Gasteiger partial charge in [0.15, 0.2) is 5.13 Å². The quantitative estimate of drug-likeness (QED) is 0.869. The van der Waals surface area contributed by atoms with Gasteiger partial charge in [-0.3, -0.25) is 4.79 Å². The van der Waals surface area contributed by atoms with E-state index >= 15 is 0 Å². The molecular weight excluding hydrogens is 346 g/mol. The molecule has 0 radical (unpaired) electrons. The van der Waals surface area contributed by atoms with E-state index in [1.165, 1.54) is 49.2 Å². The number of fused-ring (bicyclic) bond motifs is 3. The summed E-state index contributed by atoms with van der Waals surface area (Å²) in [4.78, 5) is 16.7. The van der Waals surface area contributed by atoms with E-state index in [4.69, 9.17) is 5.14 Å². The van der Waals surface area contributed by atoms with Crippen LogP contribution in [-0.2, 0) is 14.8 Å². The topological polar surface area (TPSA) is 102 Å². The standard InChI is InChI=1S/C16H19N3O3S2/c17-24(21,22)12-3-4-13-14(8-12)23-16(18-13)19-15(20)7-11-6-9-1-2-10(11)5-9/h3-4,8-11H,1-2,5-7H2,(H2,17,21,22)(H,18,19,20)/t9-,10-,11+/m1/s1. The van der Waals surface area contributed by atoms with Gasteiger partial charge in [-0.15, -0.1) is 0 Å². The zero-order valence-corrected chi connectivity index (χ0v) is 14.7. The van der Waals surface area contributed by atoms with E-state index in [1.54, 1.807) is 6.07 Å². The van der Waals surface area contributed by atoms with Gasteiger partial charge >= 0.3 is 0 Å². The molecule has 2 bridgehead atoms. The predicted octanol–water partition coefficient (Wildman–Crippen LogP) is 2.71. The number of hydrogen-bond donors (Lipinski definition) is 2. The van der Waals surface area contributed by atoms with Crippen molar-refractivity contribution >= 4 is 42.6 Å². The lowest BCUT2D eigenvalue weighted by Crippen LogP contribution is -2.20. The van der Waals surface area contributed by atoms with Crippen LogP contribution in [0.15, 0.2) is 23.1 Å². The summed E-state index contributed by atoms with van der Waals surface area (Å²) in [6.45, 7) is 0. The lowest BCUT2D eigenvalue weighted by molar-refractivity contribution is -0.117. The monoisotopic (exact) mass is 365 g/mol. The number of nitrogens with one attached hydrogen (secondary N) is 1. The molecule has 3 N–H and O–H groups in total. The maximum Gasteiger partial charge on any atom is 0.238 e. The summed E-state index contributed by atoms with van der Waals surface area (Å²) in [5, 5.41) is 8.51. The van der Waals surface area contributed by atoms with Gasteiger partial charge in [-0.1, -0.05) is 17.8 Å². The summed E-state index contributed by atoms with van der Waals surface area (Å²) in [5.74, 6) is 2.05. The van der Waals surface area contributed by atoms with Crippen molar-refractivity contribution in [2.45, 2.75) is 37.0 Å². The van der Waals surface area contributed by atoms with E-state index in [0.29, 0.717) is 33.6 Å². The van der Waals surface area contributed by atoms with Crippen LogP contribution in [0.2, 0.25) is 0 Å². The molecule has 0 spiro atoms. The maximum absolute atomic E-state index is 12.3. The Morgan fingerprint density at radius 3 is 2.83 bits per heavy atom. The third kappa shape index (κ3) is 3.05. The number of carbonyl (C=O) groups excluding carboxylic acids is 1. The first kappa shape index (κ1) is 16.0. The molecule has 2 aromatic rings. The van der Waals surface area contributed by atoms with Gasteiger partial charge in [-0.05, 0) is 55.2 Å². The number of amides is 1. The van der Waals surface area contributed by atoms with Crippen LogP contribution in [0.3, 0.4) is 0 Å². The predicted molar refractivity (Wildman–Crippen MR) is 93.2 cm³/mol. The molecule has 0 unspecified atom stereocenters. The highest BCUT2D eigenvalue weighted by molar-refractivity contribution is 7.89. The Morgan fingerprint density at radius 1 is 1.33 bits per heavy atom. The van der Waals surface area contributed by atoms with Crippen molar-refractivity contribution in [3.63, 3.8) is 0 Å². The van der Waals surface area contributed by atoms with Gasteiger partial charge in [0.2, 0.25) is 15.9 Å². The molecule has 2 saturated carbocycles. The molecule has 2 aliphatic carbocycles. The van der Waals surface area contributed by atoms with Crippen LogP contribution in [-0.4, -0.2) is 19.3 Å². The smallest absolute Gasteiger partial charge is 0.238 e. The number of nitrogens with two attached hydrogens (primary N) is 1. The fourth-order valence-electron chi connectivity index (χ4n) is 4.17. The molecule has 1 amide bonds. The number of hydrogen-bond acceptors (Lipinski definition) is 5. The van der Waals surface area contributed by atoms with Crippen molar-refractivity contribution in [3.05, 3.63) is 18.2 Å². The van der Waals surface area contributed by atoms with Gasteiger partial charge < -0.3 is 5.32 Å². The van der Waals surface area contributed by atoms with E-state index in [1.807, 2.05) is 0 Å². The number of benzene rings is 1. The van der Waals surface area contributed by atoms with Crippen LogP contribution in [0.4, 0.5) is 5.13 Å². The number of anilines is 1. The first-order valence-corrected chi connectivity index (χ1v) is 10.5. The summed E-state index contributed by atoms with van der Waals surface area (Å²) in [6.07, 6.45) is 5.61. The zero-order chi connectivity index (χ0) is 16.9. The Kier molecular flexibility index (Phi) is 3.85. The zero-order valence-electron chi connectivity index (χ0n) is 13.1. The van der Waals surface area contributed by atoms with Crippen molar-refractivity contribution in [1.82, 2.24) is 4.98 Å². The van der Waals surface area contributed by atoms with Crippen molar-refractivity contribution in [3.8, 4) is 0 Å². The summed E-state index contributed by atoms with van der Waals surface area (Å²) in [5.41, 5.74) is 0.655. The van der Waals surface area contributed by atoms with Gasteiger partial charge in [0.1, 0.15) is 0 Å². The molecule has 0 saturated heterocycles. The van der Waals surface area contributed by atoms with Gasteiger partial charge in [-0.2, -0.15) is 0 Å². The third-order valence-corrected chi connectivity index (χ3v) is 7.11. The molecule has 3 atom stereocenters. The molecule has 1 aromatic heterocycles. The average molecular weight is 365 g/mol. The van der Waals surface area contributed by atoms with Crippen molar-refractivity contribution < 1.29 is 13.2 Å². The Labute approximate surface area is 144 Å². The van der Waals surface area contributed by atoms with Gasteiger partial charge in [0.05, 0.1) is 15.1 Å². The molecule has 0 aliphatic heterocycles. The second kappa shape index (κ2) is 5.79. The highest BCUT2D eigenvalue weighted by Crippen LogP contribution is 2.49. The number of primary sulfonamides is 1. The Morgan fingerprint density at radius 2 is 2.17 bits per heavy atom. The molecule has 4 rings (SSSR count). The van der Waals surface area contributed by atoms with Crippen molar-refractivity contribution in [1.29, 1.82) is 0 Å². The van der Waals surface area contributed by atoms with Gasteiger partial charge in [-0.25, -0.2) is 18.5 Å². The highest BCUT2D eigenvalue weighted by atomic mass is 32.2. The summed E-state index contributed by atoms with van der Waals surface area (Å²) in [6, 6.07) is 4.53. The summed E-state index contributed by atoms with van der Waals surface area (Å²) in [7, 11) is -3.74. The molecule has 1 aromatic carbocycles. The third-order valence-electron chi connectivity index (χ3n) is 5.27. The minimum Gasteiger partial charge on any atom is -0.302 e. The molecule has 1 heterocycles. The fraction of sp³-hybridized carbons (Fsp3) is 0.500. The van der Waals surface area contributed by atoms with Crippen LogP contribution in [0, 0.1) is 17.8 Å². The van der Waals surface area contributed by atoms with E-state index in [2.05, 4.69) is 10.3 Å². The number of nitrogens with zero attached hydrogens (tertiary/aromatic N) is 1. The van der Waals surface area contributed by atoms with E-state index in [9.17, 15) is 13.2 Å². The second-order valence-corrected chi connectivity index (χ2v) is 9.47. The SMILES string of the molecule is NS(=O)(=O)c1ccc2nc(NC(=O)C[C@@H]3C[C@@H]4CC[C@@H]3C4)sc2c1. The van der Waals surface area contributed by atoms with Gasteiger partial charge in [0.25, 0.3) is 0 Å². The molecule has 6 nitrogen and oxygen atoms in total. The van der Waals surface area contributed by atoms with Crippen LogP contribution in [0.5, 0.6) is 0 Å². The number of aromatic nitrogens is 1. The van der Waals surface area contributed by atoms with Crippen LogP contribution in [0.25, 0.3) is 10.2 Å². The molecule has 128 valence electrons. The molecular formula is C16H19N3O3S2. The minimum absolute atomic E-state index is 0.00160. The first-order chi connectivity index (χ1) is 11.4. The first-order valence-electron chi connectivity index (χ1n) is 8.12. The molecule has 8 heteroatoms. The van der Waals surface area contributed by atoms with E-state index < -0.39 is 10.0 Å². The highest BCUT2D eigenvalue weighted by Gasteiger charge is 2.40. The van der Waals surface area contributed by atoms with Crippen LogP contribution in [0.1, 0.15) is 32.1 Å². The number of thiazole rings is 1. The van der Waals surface area contributed by atoms with Crippen LogP contribution >= 0.6 is 11.3 Å². The number of rotatable bonds is 4. The molecule has 2 fully saturated rings. The maximum atomic E-state index is 12.3. The number of sulfonamides is 1.